The van der Waals surface area contributed by atoms with Crippen molar-refractivity contribution in [1.29, 1.82) is 0 Å². The van der Waals surface area contributed by atoms with Gasteiger partial charge in [-0.15, -0.1) is 0 Å². The van der Waals surface area contributed by atoms with E-state index in [1.165, 1.54) is 31.3 Å². The smallest absolute Gasteiger partial charge is 0.0451 e. The molecule has 0 fully saturated rings. The molecule has 0 saturated carbocycles. The van der Waals surface area contributed by atoms with Crippen LogP contribution >= 0.6 is 0 Å². The molecule has 1 atom stereocenters. The molecule has 3 N–H and O–H groups in total. The fraction of sp³-hybridized carbons (Fsp3) is 0.636. The van der Waals surface area contributed by atoms with Gasteiger partial charge in [0, 0.05) is 6.04 Å². The number of hydrogen-bond donors (Lipinski definition) is 2. The molecule has 0 heterocycles. The maximum atomic E-state index is 5.45. The molecule has 0 saturated heterocycles. The van der Waals surface area contributed by atoms with Crippen molar-refractivity contribution in [3.8, 4) is 0 Å². The van der Waals surface area contributed by atoms with Crippen molar-refractivity contribution in [2.24, 2.45) is 5.84 Å². The van der Waals surface area contributed by atoms with Crippen LogP contribution in [0, 0.1) is 0 Å². The fourth-order valence-corrected chi connectivity index (χ4v) is 1.73. The van der Waals surface area contributed by atoms with Crippen LogP contribution in [0.25, 0.3) is 0 Å². The number of hydrogen-bond acceptors (Lipinski definition) is 2. The Labute approximate surface area is 80.9 Å². The lowest BCUT2D eigenvalue weighted by Gasteiger charge is -2.20. The van der Waals surface area contributed by atoms with Crippen LogP contribution in [0.5, 0.6) is 0 Å². The zero-order valence-electron chi connectivity index (χ0n) is 8.47. The van der Waals surface area contributed by atoms with Gasteiger partial charge in [0.1, 0.15) is 0 Å². The Morgan fingerprint density at radius 2 is 2.46 bits per heavy atom. The van der Waals surface area contributed by atoms with Crippen molar-refractivity contribution in [1.82, 2.24) is 5.43 Å². The molecule has 0 bridgehead atoms. The Morgan fingerprint density at radius 1 is 1.69 bits per heavy atom. The predicted molar refractivity (Wildman–Crippen MR) is 57.1 cm³/mol. The summed E-state index contributed by atoms with van der Waals surface area (Å²) in [6, 6.07) is 0.254. The monoisotopic (exact) mass is 180 g/mol. The lowest BCUT2D eigenvalue weighted by Crippen LogP contribution is -2.36. The van der Waals surface area contributed by atoms with Gasteiger partial charge >= 0.3 is 0 Å². The zero-order chi connectivity index (χ0) is 9.68. The highest BCUT2D eigenvalue weighted by Gasteiger charge is 2.11. The lowest BCUT2D eigenvalue weighted by atomic mass is 9.92. The van der Waals surface area contributed by atoms with Gasteiger partial charge in [-0.25, -0.2) is 0 Å². The number of nitrogens with one attached hydrogen (secondary N) is 1. The molecule has 13 heavy (non-hydrogen) atoms. The lowest BCUT2D eigenvalue weighted by molar-refractivity contribution is 0.562. The second-order valence-corrected chi connectivity index (χ2v) is 3.88. The molecule has 2 nitrogen and oxygen atoms in total. The summed E-state index contributed by atoms with van der Waals surface area (Å²) in [5.41, 5.74) is 5.47. The first-order valence-electron chi connectivity index (χ1n) is 5.03. The minimum absolute atomic E-state index is 0.254. The van der Waals surface area contributed by atoms with Crippen molar-refractivity contribution < 1.29 is 0 Å². The van der Waals surface area contributed by atoms with E-state index in [1.54, 1.807) is 0 Å². The van der Waals surface area contributed by atoms with E-state index in [0.29, 0.717) is 0 Å². The molecule has 1 unspecified atom stereocenters. The SMILES string of the molecule is C=C(C)C(CC1=CCCCC1)NN. The van der Waals surface area contributed by atoms with Crippen LogP contribution in [0.4, 0.5) is 0 Å². The normalized spacial score (nSPS) is 19.4. The van der Waals surface area contributed by atoms with Crippen LogP contribution in [0.3, 0.4) is 0 Å². The maximum absolute atomic E-state index is 5.45. The third kappa shape index (κ3) is 3.33. The maximum Gasteiger partial charge on any atom is 0.0451 e. The molecule has 0 spiro atoms. The molecule has 2 heteroatoms. The molecule has 1 aliphatic carbocycles. The van der Waals surface area contributed by atoms with Gasteiger partial charge < -0.3 is 0 Å². The average Bonchev–Trinajstić information content (AvgIpc) is 2.15. The van der Waals surface area contributed by atoms with Gasteiger partial charge in [-0.1, -0.05) is 23.8 Å². The van der Waals surface area contributed by atoms with Gasteiger partial charge in [-0.05, 0) is 39.0 Å². The molecule has 0 aromatic rings. The molecule has 0 aromatic carbocycles. The largest absolute Gasteiger partial charge is 0.271 e. The first kappa shape index (κ1) is 10.5. The van der Waals surface area contributed by atoms with E-state index in [9.17, 15) is 0 Å². The Bertz CT molecular complexity index is 206. The van der Waals surface area contributed by atoms with E-state index in [-0.39, 0.29) is 6.04 Å². The van der Waals surface area contributed by atoms with Gasteiger partial charge in [-0.2, -0.15) is 0 Å². The second-order valence-electron chi connectivity index (χ2n) is 3.88. The Morgan fingerprint density at radius 3 is 2.92 bits per heavy atom. The van der Waals surface area contributed by atoms with Crippen LogP contribution in [0.2, 0.25) is 0 Å². The summed E-state index contributed by atoms with van der Waals surface area (Å²) in [4.78, 5) is 0. The number of rotatable bonds is 4. The zero-order valence-corrected chi connectivity index (χ0v) is 8.47. The summed E-state index contributed by atoms with van der Waals surface area (Å²) in [5, 5.41) is 0. The summed E-state index contributed by atoms with van der Waals surface area (Å²) in [6.07, 6.45) is 8.55. The van der Waals surface area contributed by atoms with E-state index in [4.69, 9.17) is 5.84 Å². The van der Waals surface area contributed by atoms with Crippen molar-refractivity contribution in [3.63, 3.8) is 0 Å². The van der Waals surface area contributed by atoms with E-state index < -0.39 is 0 Å². The van der Waals surface area contributed by atoms with Crippen LogP contribution in [-0.2, 0) is 0 Å². The molecule has 0 amide bonds. The van der Waals surface area contributed by atoms with Crippen molar-refractivity contribution in [3.05, 3.63) is 23.8 Å². The highest BCUT2D eigenvalue weighted by atomic mass is 15.2. The third-order valence-electron chi connectivity index (χ3n) is 2.65. The van der Waals surface area contributed by atoms with E-state index in [0.717, 1.165) is 12.0 Å². The highest BCUT2D eigenvalue weighted by Crippen LogP contribution is 2.22. The number of nitrogens with two attached hydrogens (primary N) is 1. The molecule has 0 aliphatic heterocycles. The van der Waals surface area contributed by atoms with Gasteiger partial charge in [0.2, 0.25) is 0 Å². The van der Waals surface area contributed by atoms with E-state index in [1.807, 2.05) is 6.92 Å². The Balaban J connectivity index is 2.45. The second kappa shape index (κ2) is 5.20. The minimum atomic E-state index is 0.254. The summed E-state index contributed by atoms with van der Waals surface area (Å²) in [6.45, 7) is 5.94. The first-order chi connectivity index (χ1) is 6.24. The van der Waals surface area contributed by atoms with Gasteiger partial charge in [0.05, 0.1) is 0 Å². The summed E-state index contributed by atoms with van der Waals surface area (Å²) in [7, 11) is 0. The predicted octanol–water partition coefficient (Wildman–Crippen LogP) is 2.28. The molecular weight excluding hydrogens is 160 g/mol. The Hall–Kier alpha value is -0.600. The standard InChI is InChI=1S/C11H20N2/c1-9(2)11(13-12)8-10-6-4-3-5-7-10/h6,11,13H,1,3-5,7-8,12H2,2H3. The molecule has 1 aliphatic rings. The Kier molecular flexibility index (Phi) is 4.19. The number of hydrazine groups is 1. The fourth-order valence-electron chi connectivity index (χ4n) is 1.73. The highest BCUT2D eigenvalue weighted by molar-refractivity contribution is 5.13. The third-order valence-corrected chi connectivity index (χ3v) is 2.65. The molecule has 0 radical (unpaired) electrons. The van der Waals surface area contributed by atoms with Crippen molar-refractivity contribution in [2.75, 3.05) is 0 Å². The molecule has 74 valence electrons. The van der Waals surface area contributed by atoms with E-state index in [2.05, 4.69) is 18.1 Å². The minimum Gasteiger partial charge on any atom is -0.271 e. The summed E-state index contributed by atoms with van der Waals surface area (Å²) >= 11 is 0. The molecule has 0 aromatic heterocycles. The van der Waals surface area contributed by atoms with Crippen molar-refractivity contribution >= 4 is 0 Å². The molecule has 1 rings (SSSR count). The quantitative estimate of drug-likeness (QED) is 0.396. The topological polar surface area (TPSA) is 38.0 Å². The first-order valence-corrected chi connectivity index (χ1v) is 5.03. The van der Waals surface area contributed by atoms with Gasteiger partial charge in [0.15, 0.2) is 0 Å². The van der Waals surface area contributed by atoms with E-state index >= 15 is 0 Å². The van der Waals surface area contributed by atoms with Gasteiger partial charge in [-0.3, -0.25) is 11.3 Å². The van der Waals surface area contributed by atoms with Gasteiger partial charge in [0.25, 0.3) is 0 Å². The van der Waals surface area contributed by atoms with Crippen LogP contribution in [-0.4, -0.2) is 6.04 Å². The van der Waals surface area contributed by atoms with Crippen molar-refractivity contribution in [2.45, 2.75) is 45.1 Å². The number of allylic oxidation sites excluding steroid dienone is 1. The van der Waals surface area contributed by atoms with Crippen LogP contribution < -0.4 is 11.3 Å². The van der Waals surface area contributed by atoms with Crippen LogP contribution in [0.15, 0.2) is 23.8 Å². The molecular formula is C11H20N2. The average molecular weight is 180 g/mol. The summed E-state index contributed by atoms with van der Waals surface area (Å²) < 4.78 is 0. The summed E-state index contributed by atoms with van der Waals surface area (Å²) in [5.74, 6) is 5.45. The van der Waals surface area contributed by atoms with Crippen LogP contribution in [0.1, 0.15) is 39.0 Å².